The fourth-order valence-corrected chi connectivity index (χ4v) is 3.00. The summed E-state index contributed by atoms with van der Waals surface area (Å²) in [7, 11) is 5.44. The highest BCUT2D eigenvalue weighted by Crippen LogP contribution is 2.48. The fraction of sp³-hybridized carbons (Fsp3) is 0.938. The van der Waals surface area contributed by atoms with Crippen molar-refractivity contribution in [1.82, 2.24) is 15.1 Å². The second-order valence-electron chi connectivity index (χ2n) is 6.96. The van der Waals surface area contributed by atoms with E-state index in [0.717, 1.165) is 39.1 Å². The predicted octanol–water partition coefficient (Wildman–Crippen LogP) is 0.945. The van der Waals surface area contributed by atoms with Crippen LogP contribution in [0.3, 0.4) is 0 Å². The molecule has 0 bridgehead atoms. The Kier molecular flexibility index (Phi) is 6.02. The van der Waals surface area contributed by atoms with Crippen LogP contribution < -0.4 is 5.32 Å². The summed E-state index contributed by atoms with van der Waals surface area (Å²) < 4.78 is 5.21. The number of hydrogen-bond donors (Lipinski definition) is 1. The third kappa shape index (κ3) is 5.24. The molecular weight excluding hydrogens is 266 g/mol. The molecule has 5 heteroatoms. The largest absolute Gasteiger partial charge is 0.385 e. The molecule has 0 aromatic heterocycles. The van der Waals surface area contributed by atoms with Gasteiger partial charge in [0.2, 0.25) is 5.91 Å². The smallest absolute Gasteiger partial charge is 0.236 e. The SMILES string of the molecule is COCCC1(CNC2CCN(CC(=O)N(C)C)CC2)CC1. The number of ether oxygens (including phenoxy) is 1. The van der Waals surface area contributed by atoms with Crippen molar-refractivity contribution in [2.45, 2.75) is 38.1 Å². The summed E-state index contributed by atoms with van der Waals surface area (Å²) in [5, 5.41) is 3.75. The van der Waals surface area contributed by atoms with Gasteiger partial charge in [-0.1, -0.05) is 0 Å². The van der Waals surface area contributed by atoms with Gasteiger partial charge in [0.15, 0.2) is 0 Å². The topological polar surface area (TPSA) is 44.8 Å². The van der Waals surface area contributed by atoms with E-state index < -0.39 is 0 Å². The molecular formula is C16H31N3O2. The summed E-state index contributed by atoms with van der Waals surface area (Å²) in [6, 6.07) is 0.621. The average Bonchev–Trinajstić information content (AvgIpc) is 3.25. The van der Waals surface area contributed by atoms with Gasteiger partial charge in [0.25, 0.3) is 0 Å². The van der Waals surface area contributed by atoms with Crippen LogP contribution in [0.1, 0.15) is 32.1 Å². The van der Waals surface area contributed by atoms with E-state index >= 15 is 0 Å². The Balaban J connectivity index is 1.62. The molecule has 1 N–H and O–H groups in total. The Hall–Kier alpha value is -0.650. The van der Waals surface area contributed by atoms with Crippen LogP contribution >= 0.6 is 0 Å². The number of likely N-dealkylation sites (tertiary alicyclic amines) is 1. The number of carbonyl (C=O) groups is 1. The summed E-state index contributed by atoms with van der Waals surface area (Å²) in [5.41, 5.74) is 0.522. The maximum absolute atomic E-state index is 11.7. The third-order valence-corrected chi connectivity index (χ3v) is 5.00. The first-order valence-corrected chi connectivity index (χ1v) is 8.19. The number of hydrogen-bond acceptors (Lipinski definition) is 4. The first-order chi connectivity index (χ1) is 10.0. The number of nitrogens with one attached hydrogen (secondary N) is 1. The normalized spacial score (nSPS) is 22.2. The summed E-state index contributed by atoms with van der Waals surface area (Å²) in [6.45, 7) is 4.65. The Morgan fingerprint density at radius 3 is 2.52 bits per heavy atom. The standard InChI is InChI=1S/C16H31N3O2/c1-18(2)15(20)12-19-9-4-14(5-10-19)17-13-16(6-7-16)8-11-21-3/h14,17H,4-13H2,1-3H3. The molecule has 2 fully saturated rings. The molecule has 1 saturated heterocycles. The van der Waals surface area contributed by atoms with E-state index in [1.807, 2.05) is 14.1 Å². The zero-order valence-corrected chi connectivity index (χ0v) is 13.9. The number of piperidine rings is 1. The summed E-state index contributed by atoms with van der Waals surface area (Å²) >= 11 is 0. The molecule has 21 heavy (non-hydrogen) atoms. The monoisotopic (exact) mass is 297 g/mol. The van der Waals surface area contributed by atoms with Crippen LogP contribution in [-0.2, 0) is 9.53 Å². The Labute approximate surface area is 129 Å². The van der Waals surface area contributed by atoms with Crippen molar-refractivity contribution in [3.05, 3.63) is 0 Å². The van der Waals surface area contributed by atoms with Crippen molar-refractivity contribution < 1.29 is 9.53 Å². The highest BCUT2D eigenvalue weighted by molar-refractivity contribution is 5.77. The summed E-state index contributed by atoms with van der Waals surface area (Å²) in [4.78, 5) is 15.7. The highest BCUT2D eigenvalue weighted by Gasteiger charge is 2.42. The fourth-order valence-electron chi connectivity index (χ4n) is 3.00. The van der Waals surface area contributed by atoms with Crippen molar-refractivity contribution >= 4 is 5.91 Å². The highest BCUT2D eigenvalue weighted by atomic mass is 16.5. The van der Waals surface area contributed by atoms with E-state index in [2.05, 4.69) is 10.2 Å². The maximum Gasteiger partial charge on any atom is 0.236 e. The van der Waals surface area contributed by atoms with Gasteiger partial charge in [-0.2, -0.15) is 0 Å². The lowest BCUT2D eigenvalue weighted by Crippen LogP contribution is -2.46. The Bertz CT molecular complexity index is 334. The van der Waals surface area contributed by atoms with Crippen LogP contribution in [0.15, 0.2) is 0 Å². The first kappa shape index (κ1) is 16.7. The van der Waals surface area contributed by atoms with Gasteiger partial charge in [0.05, 0.1) is 6.54 Å². The van der Waals surface area contributed by atoms with Crippen LogP contribution in [0.4, 0.5) is 0 Å². The van der Waals surface area contributed by atoms with E-state index in [4.69, 9.17) is 4.74 Å². The van der Waals surface area contributed by atoms with Crippen LogP contribution in [-0.4, -0.2) is 75.7 Å². The molecule has 122 valence electrons. The molecule has 0 atom stereocenters. The van der Waals surface area contributed by atoms with Gasteiger partial charge in [0, 0.05) is 53.5 Å². The first-order valence-electron chi connectivity index (χ1n) is 8.19. The number of amides is 1. The number of carbonyl (C=O) groups excluding carboxylic acids is 1. The lowest BCUT2D eigenvalue weighted by atomic mass is 10.00. The van der Waals surface area contributed by atoms with E-state index in [1.165, 1.54) is 19.3 Å². The second-order valence-corrected chi connectivity index (χ2v) is 6.96. The number of likely N-dealkylation sites (N-methyl/N-ethyl adjacent to an activating group) is 1. The molecule has 0 spiro atoms. The van der Waals surface area contributed by atoms with Gasteiger partial charge in [-0.05, 0) is 37.5 Å². The van der Waals surface area contributed by atoms with Crippen molar-refractivity contribution in [2.24, 2.45) is 5.41 Å². The molecule has 1 saturated carbocycles. The lowest BCUT2D eigenvalue weighted by Gasteiger charge is -2.33. The predicted molar refractivity (Wildman–Crippen MR) is 84.3 cm³/mol. The van der Waals surface area contributed by atoms with Crippen molar-refractivity contribution in [3.63, 3.8) is 0 Å². The van der Waals surface area contributed by atoms with E-state index in [-0.39, 0.29) is 5.91 Å². The molecule has 1 amide bonds. The van der Waals surface area contributed by atoms with Gasteiger partial charge in [-0.3, -0.25) is 9.69 Å². The molecule has 0 aromatic rings. The lowest BCUT2D eigenvalue weighted by molar-refractivity contribution is -0.130. The Morgan fingerprint density at radius 2 is 2.00 bits per heavy atom. The Morgan fingerprint density at radius 1 is 1.33 bits per heavy atom. The molecule has 0 unspecified atom stereocenters. The molecule has 0 aromatic carbocycles. The van der Waals surface area contributed by atoms with Gasteiger partial charge < -0.3 is 15.0 Å². The van der Waals surface area contributed by atoms with Crippen molar-refractivity contribution in [1.29, 1.82) is 0 Å². The van der Waals surface area contributed by atoms with Gasteiger partial charge in [-0.15, -0.1) is 0 Å². The van der Waals surface area contributed by atoms with Crippen molar-refractivity contribution in [3.8, 4) is 0 Å². The van der Waals surface area contributed by atoms with Gasteiger partial charge in [-0.25, -0.2) is 0 Å². The van der Waals surface area contributed by atoms with Crippen molar-refractivity contribution in [2.75, 3.05) is 54.0 Å². The maximum atomic E-state index is 11.7. The molecule has 1 aliphatic carbocycles. The zero-order valence-electron chi connectivity index (χ0n) is 13.9. The zero-order chi connectivity index (χ0) is 15.3. The molecule has 1 aliphatic heterocycles. The average molecular weight is 297 g/mol. The van der Waals surface area contributed by atoms with E-state index in [0.29, 0.717) is 18.0 Å². The number of nitrogens with zero attached hydrogens (tertiary/aromatic N) is 2. The van der Waals surface area contributed by atoms with Crippen LogP contribution in [0.2, 0.25) is 0 Å². The van der Waals surface area contributed by atoms with Gasteiger partial charge >= 0.3 is 0 Å². The molecule has 5 nitrogen and oxygen atoms in total. The minimum atomic E-state index is 0.206. The van der Waals surface area contributed by atoms with Crippen LogP contribution in [0.5, 0.6) is 0 Å². The summed E-state index contributed by atoms with van der Waals surface area (Å²) in [5.74, 6) is 0.206. The molecule has 2 aliphatic rings. The number of rotatable bonds is 8. The third-order valence-electron chi connectivity index (χ3n) is 5.00. The quantitative estimate of drug-likeness (QED) is 0.724. The van der Waals surface area contributed by atoms with Gasteiger partial charge in [0.1, 0.15) is 0 Å². The summed E-state index contributed by atoms with van der Waals surface area (Å²) in [6.07, 6.45) is 6.19. The van der Waals surface area contributed by atoms with E-state index in [9.17, 15) is 4.79 Å². The van der Waals surface area contributed by atoms with Crippen LogP contribution in [0, 0.1) is 5.41 Å². The molecule has 1 heterocycles. The van der Waals surface area contributed by atoms with Crippen LogP contribution in [0.25, 0.3) is 0 Å². The molecule has 0 radical (unpaired) electrons. The molecule has 2 rings (SSSR count). The number of methoxy groups -OCH3 is 1. The second kappa shape index (κ2) is 7.56. The minimum absolute atomic E-state index is 0.206. The minimum Gasteiger partial charge on any atom is -0.385 e. The van der Waals surface area contributed by atoms with E-state index in [1.54, 1.807) is 12.0 Å².